The molecule has 2 aromatic rings. The Bertz CT molecular complexity index is 660. The molecule has 0 N–H and O–H groups in total. The van der Waals surface area contributed by atoms with Crippen molar-refractivity contribution < 1.29 is 9.47 Å². The molecular formula is C19H24N2O2S. The van der Waals surface area contributed by atoms with Crippen molar-refractivity contribution in [2.24, 2.45) is 0 Å². The maximum atomic E-state index is 6.21. The van der Waals surface area contributed by atoms with Crippen LogP contribution in [-0.4, -0.2) is 41.3 Å². The standard InChI is InChI=1S/C19H24N2O2S/c1-14-7-8-16(24-14)11-21-12-18(19-17(21)6-4-10-22-19)23-13-15-5-2-3-9-20-15/h2-3,5,7-9,17-19H,4,6,10-13H2,1H3/t17-,18+,19+/m1/s1. The fraction of sp³-hybridized carbons (Fsp3) is 0.526. The summed E-state index contributed by atoms with van der Waals surface area (Å²) >= 11 is 1.89. The Morgan fingerprint density at radius 2 is 2.29 bits per heavy atom. The van der Waals surface area contributed by atoms with E-state index in [1.54, 1.807) is 0 Å². The van der Waals surface area contributed by atoms with Gasteiger partial charge in [-0.05, 0) is 44.0 Å². The zero-order valence-electron chi connectivity index (χ0n) is 14.1. The number of thiophene rings is 1. The molecule has 0 aromatic carbocycles. The number of ether oxygens (including phenoxy) is 2. The first-order valence-corrected chi connectivity index (χ1v) is 9.54. The molecule has 4 heterocycles. The molecule has 0 unspecified atom stereocenters. The van der Waals surface area contributed by atoms with Crippen molar-refractivity contribution in [2.45, 2.75) is 51.2 Å². The van der Waals surface area contributed by atoms with Gasteiger partial charge in [0.05, 0.1) is 18.4 Å². The second kappa shape index (κ2) is 7.31. The molecule has 4 nitrogen and oxygen atoms in total. The smallest absolute Gasteiger partial charge is 0.100 e. The van der Waals surface area contributed by atoms with Gasteiger partial charge in [0.1, 0.15) is 6.10 Å². The van der Waals surface area contributed by atoms with Crippen molar-refractivity contribution in [3.63, 3.8) is 0 Å². The number of hydrogen-bond donors (Lipinski definition) is 0. The lowest BCUT2D eigenvalue weighted by Gasteiger charge is -2.32. The monoisotopic (exact) mass is 344 g/mol. The lowest BCUT2D eigenvalue weighted by atomic mass is 10.0. The third-order valence-electron chi connectivity index (χ3n) is 4.91. The second-order valence-electron chi connectivity index (χ2n) is 6.66. The van der Waals surface area contributed by atoms with E-state index in [1.165, 1.54) is 16.2 Å². The zero-order valence-corrected chi connectivity index (χ0v) is 14.9. The van der Waals surface area contributed by atoms with E-state index in [9.17, 15) is 0 Å². The van der Waals surface area contributed by atoms with Crippen LogP contribution in [0, 0.1) is 6.92 Å². The number of hydrogen-bond acceptors (Lipinski definition) is 5. The number of aromatic nitrogens is 1. The molecule has 3 atom stereocenters. The van der Waals surface area contributed by atoms with Crippen molar-refractivity contribution >= 4 is 11.3 Å². The molecule has 0 bridgehead atoms. The fourth-order valence-electron chi connectivity index (χ4n) is 3.78. The van der Waals surface area contributed by atoms with E-state index >= 15 is 0 Å². The Labute approximate surface area is 147 Å². The average molecular weight is 344 g/mol. The molecule has 0 spiro atoms. The van der Waals surface area contributed by atoms with E-state index in [0.717, 1.165) is 31.8 Å². The highest BCUT2D eigenvalue weighted by Crippen LogP contribution is 2.33. The van der Waals surface area contributed by atoms with Gasteiger partial charge in [-0.1, -0.05) is 6.07 Å². The van der Waals surface area contributed by atoms with Gasteiger partial charge in [-0.2, -0.15) is 0 Å². The minimum absolute atomic E-state index is 0.137. The summed E-state index contributed by atoms with van der Waals surface area (Å²) in [5.41, 5.74) is 0.984. The minimum Gasteiger partial charge on any atom is -0.374 e. The fourth-order valence-corrected chi connectivity index (χ4v) is 4.69. The van der Waals surface area contributed by atoms with Gasteiger partial charge in [-0.15, -0.1) is 11.3 Å². The number of pyridine rings is 1. The quantitative estimate of drug-likeness (QED) is 0.833. The SMILES string of the molecule is Cc1ccc(CN2C[C@H](OCc3ccccn3)[C@H]3OCCC[C@H]32)s1. The zero-order chi connectivity index (χ0) is 16.4. The summed E-state index contributed by atoms with van der Waals surface area (Å²) in [6.07, 6.45) is 4.51. The molecule has 2 fully saturated rings. The highest BCUT2D eigenvalue weighted by Gasteiger charge is 2.44. The first kappa shape index (κ1) is 16.2. The van der Waals surface area contributed by atoms with Gasteiger partial charge < -0.3 is 9.47 Å². The van der Waals surface area contributed by atoms with E-state index in [4.69, 9.17) is 9.47 Å². The molecule has 2 aliphatic heterocycles. The molecule has 2 aliphatic rings. The highest BCUT2D eigenvalue weighted by molar-refractivity contribution is 7.11. The van der Waals surface area contributed by atoms with Crippen LogP contribution in [0.5, 0.6) is 0 Å². The molecule has 0 amide bonds. The molecule has 2 aromatic heterocycles. The molecule has 5 heteroatoms. The van der Waals surface area contributed by atoms with Crippen LogP contribution in [-0.2, 0) is 22.6 Å². The van der Waals surface area contributed by atoms with Gasteiger partial charge in [-0.3, -0.25) is 9.88 Å². The van der Waals surface area contributed by atoms with Crippen molar-refractivity contribution in [3.8, 4) is 0 Å². The molecule has 0 radical (unpaired) electrons. The van der Waals surface area contributed by atoms with Crippen molar-refractivity contribution in [2.75, 3.05) is 13.2 Å². The van der Waals surface area contributed by atoms with E-state index in [1.807, 2.05) is 35.7 Å². The number of aryl methyl sites for hydroxylation is 1. The lowest BCUT2D eigenvalue weighted by molar-refractivity contribution is -0.0823. The highest BCUT2D eigenvalue weighted by atomic mass is 32.1. The van der Waals surface area contributed by atoms with Gasteiger partial charge in [-0.25, -0.2) is 0 Å². The predicted molar refractivity (Wildman–Crippen MR) is 95.0 cm³/mol. The molecule has 4 rings (SSSR count). The minimum atomic E-state index is 0.137. The van der Waals surface area contributed by atoms with Gasteiger partial charge >= 0.3 is 0 Å². The first-order chi connectivity index (χ1) is 11.8. The summed E-state index contributed by atoms with van der Waals surface area (Å²) in [4.78, 5) is 9.72. The topological polar surface area (TPSA) is 34.6 Å². The first-order valence-electron chi connectivity index (χ1n) is 8.72. The summed E-state index contributed by atoms with van der Waals surface area (Å²) < 4.78 is 12.3. The summed E-state index contributed by atoms with van der Waals surface area (Å²) in [6.45, 7) is 5.54. The van der Waals surface area contributed by atoms with Crippen LogP contribution >= 0.6 is 11.3 Å². The number of rotatable bonds is 5. The van der Waals surface area contributed by atoms with Gasteiger partial charge in [0, 0.05) is 41.7 Å². The maximum Gasteiger partial charge on any atom is 0.100 e. The van der Waals surface area contributed by atoms with Crippen LogP contribution in [0.25, 0.3) is 0 Å². The van der Waals surface area contributed by atoms with Crippen LogP contribution in [0.4, 0.5) is 0 Å². The Morgan fingerprint density at radius 1 is 1.33 bits per heavy atom. The van der Waals surface area contributed by atoms with Crippen LogP contribution in [0.15, 0.2) is 36.5 Å². The van der Waals surface area contributed by atoms with Crippen molar-refractivity contribution in [1.82, 2.24) is 9.88 Å². The predicted octanol–water partition coefficient (Wildman–Crippen LogP) is 3.40. The van der Waals surface area contributed by atoms with Crippen LogP contribution in [0.2, 0.25) is 0 Å². The summed E-state index contributed by atoms with van der Waals surface area (Å²) in [6, 6.07) is 10.9. The number of likely N-dealkylation sites (tertiary alicyclic amines) is 1. The molecule has 24 heavy (non-hydrogen) atoms. The lowest BCUT2D eigenvalue weighted by Crippen LogP contribution is -2.41. The molecular weight excluding hydrogens is 320 g/mol. The largest absolute Gasteiger partial charge is 0.374 e. The maximum absolute atomic E-state index is 6.21. The van der Waals surface area contributed by atoms with Crippen LogP contribution in [0.3, 0.4) is 0 Å². The Morgan fingerprint density at radius 3 is 3.08 bits per heavy atom. The van der Waals surface area contributed by atoms with E-state index in [2.05, 4.69) is 28.9 Å². The van der Waals surface area contributed by atoms with Crippen molar-refractivity contribution in [1.29, 1.82) is 0 Å². The van der Waals surface area contributed by atoms with Crippen LogP contribution < -0.4 is 0 Å². The Kier molecular flexibility index (Phi) is 4.94. The third-order valence-corrected chi connectivity index (χ3v) is 5.90. The molecule has 0 aliphatic carbocycles. The summed E-state index contributed by atoms with van der Waals surface area (Å²) in [5.74, 6) is 0. The van der Waals surface area contributed by atoms with E-state index < -0.39 is 0 Å². The Balaban J connectivity index is 1.42. The van der Waals surface area contributed by atoms with Gasteiger partial charge in [0.2, 0.25) is 0 Å². The third kappa shape index (κ3) is 3.54. The van der Waals surface area contributed by atoms with Gasteiger partial charge in [0.15, 0.2) is 0 Å². The van der Waals surface area contributed by atoms with E-state index in [-0.39, 0.29) is 12.2 Å². The van der Waals surface area contributed by atoms with E-state index in [0.29, 0.717) is 12.6 Å². The van der Waals surface area contributed by atoms with Gasteiger partial charge in [0.25, 0.3) is 0 Å². The summed E-state index contributed by atoms with van der Waals surface area (Å²) in [5, 5.41) is 0. The number of fused-ring (bicyclic) bond motifs is 1. The second-order valence-corrected chi connectivity index (χ2v) is 8.03. The Hall–Kier alpha value is -1.27. The van der Waals surface area contributed by atoms with Crippen LogP contribution in [0.1, 0.15) is 28.3 Å². The summed E-state index contributed by atoms with van der Waals surface area (Å²) in [7, 11) is 0. The average Bonchev–Trinajstić information content (AvgIpc) is 3.18. The number of nitrogens with zero attached hydrogens (tertiary/aromatic N) is 2. The van der Waals surface area contributed by atoms with Crippen molar-refractivity contribution in [3.05, 3.63) is 52.0 Å². The normalized spacial score (nSPS) is 27.3. The molecule has 128 valence electrons. The molecule has 2 saturated heterocycles. The molecule has 0 saturated carbocycles.